The highest BCUT2D eigenvalue weighted by Crippen LogP contribution is 2.37. The van der Waals surface area contributed by atoms with Gasteiger partial charge in [-0.15, -0.1) is 0 Å². The molecule has 4 nitrogen and oxygen atoms in total. The third-order valence-corrected chi connectivity index (χ3v) is 7.54. The number of aryl methyl sites for hydroxylation is 1. The largest absolute Gasteiger partial charge is 0.490 e. The minimum absolute atomic E-state index is 0.185. The topological polar surface area (TPSA) is 46.6 Å². The summed E-state index contributed by atoms with van der Waals surface area (Å²) in [5, 5.41) is 0. The van der Waals surface area contributed by atoms with Crippen molar-refractivity contribution < 1.29 is 26.3 Å². The minimum Gasteiger partial charge on any atom is -0.490 e. The Morgan fingerprint density at radius 1 is 0.967 bits per heavy atom. The highest BCUT2D eigenvalue weighted by Gasteiger charge is 2.34. The van der Waals surface area contributed by atoms with Crippen LogP contribution in [0, 0.1) is 0 Å². The maximum absolute atomic E-state index is 13.2. The molecule has 2 aromatic rings. The summed E-state index contributed by atoms with van der Waals surface area (Å²) in [5.41, 5.74) is 0.372. The fourth-order valence-corrected chi connectivity index (χ4v) is 5.78. The molecule has 2 aromatic carbocycles. The quantitative estimate of drug-likeness (QED) is 0.627. The number of halogens is 3. The molecule has 0 saturated heterocycles. The molecule has 0 bridgehead atoms. The van der Waals surface area contributed by atoms with E-state index in [1.807, 2.05) is 6.07 Å². The average molecular weight is 439 g/mol. The number of benzene rings is 2. The maximum atomic E-state index is 13.2. The maximum Gasteiger partial charge on any atom is 0.416 e. The molecule has 0 amide bonds. The van der Waals surface area contributed by atoms with Gasteiger partial charge in [0.1, 0.15) is 5.75 Å². The lowest BCUT2D eigenvalue weighted by molar-refractivity contribution is -0.137. The molecule has 0 spiro atoms. The van der Waals surface area contributed by atoms with Crippen molar-refractivity contribution in [2.75, 3.05) is 10.8 Å². The summed E-state index contributed by atoms with van der Waals surface area (Å²) in [7, 11) is -4.11. The van der Waals surface area contributed by atoms with Crippen molar-refractivity contribution in [2.45, 2.75) is 62.1 Å². The number of rotatable bonds is 4. The number of ether oxygens (including phenoxy) is 1. The first kappa shape index (κ1) is 21.0. The summed E-state index contributed by atoms with van der Waals surface area (Å²) >= 11 is 0. The van der Waals surface area contributed by atoms with Crippen LogP contribution in [-0.2, 0) is 22.6 Å². The van der Waals surface area contributed by atoms with Crippen molar-refractivity contribution in [3.8, 4) is 5.75 Å². The zero-order valence-corrected chi connectivity index (χ0v) is 17.3. The Balaban J connectivity index is 1.62. The molecule has 0 aromatic heterocycles. The number of fused-ring (bicyclic) bond motifs is 1. The molecule has 1 aliphatic heterocycles. The van der Waals surface area contributed by atoms with E-state index < -0.39 is 21.8 Å². The van der Waals surface area contributed by atoms with E-state index in [9.17, 15) is 21.6 Å². The van der Waals surface area contributed by atoms with E-state index in [4.69, 9.17) is 4.74 Å². The molecule has 0 atom stereocenters. The first-order chi connectivity index (χ1) is 14.2. The van der Waals surface area contributed by atoms with Crippen LogP contribution in [-0.4, -0.2) is 21.1 Å². The molecule has 2 aliphatic rings. The van der Waals surface area contributed by atoms with Crippen molar-refractivity contribution in [1.29, 1.82) is 0 Å². The number of alkyl halides is 3. The Labute approximate surface area is 174 Å². The van der Waals surface area contributed by atoms with E-state index in [-0.39, 0.29) is 17.5 Å². The molecule has 1 aliphatic carbocycles. The molecule has 4 rings (SSSR count). The van der Waals surface area contributed by atoms with Gasteiger partial charge in [-0.25, -0.2) is 8.42 Å². The molecule has 30 heavy (non-hydrogen) atoms. The number of hydrogen-bond acceptors (Lipinski definition) is 3. The third kappa shape index (κ3) is 4.29. The predicted molar refractivity (Wildman–Crippen MR) is 108 cm³/mol. The number of anilines is 1. The second-order valence-electron chi connectivity index (χ2n) is 7.87. The van der Waals surface area contributed by atoms with Crippen LogP contribution in [0.2, 0.25) is 0 Å². The van der Waals surface area contributed by atoms with Crippen molar-refractivity contribution in [1.82, 2.24) is 0 Å². The summed E-state index contributed by atoms with van der Waals surface area (Å²) in [6.45, 7) is 0.231. The Hall–Kier alpha value is -2.22. The summed E-state index contributed by atoms with van der Waals surface area (Å²) in [4.78, 5) is -0.354. The van der Waals surface area contributed by atoms with Gasteiger partial charge in [0.25, 0.3) is 10.0 Å². The minimum atomic E-state index is -4.60. The van der Waals surface area contributed by atoms with Gasteiger partial charge in [-0.2, -0.15) is 13.2 Å². The van der Waals surface area contributed by atoms with Crippen LogP contribution in [0.5, 0.6) is 5.75 Å². The lowest BCUT2D eigenvalue weighted by Gasteiger charge is -2.31. The fourth-order valence-electron chi connectivity index (χ4n) is 4.20. The van der Waals surface area contributed by atoms with Gasteiger partial charge in [0.15, 0.2) is 0 Å². The lowest BCUT2D eigenvalue weighted by atomic mass is 9.97. The SMILES string of the molecule is O=S(=O)(c1cccc(C(F)(F)F)c1)N1CCCc2cc(OC3CCCCC3)ccc21. The highest BCUT2D eigenvalue weighted by molar-refractivity contribution is 7.92. The average Bonchev–Trinajstić information content (AvgIpc) is 2.73. The van der Waals surface area contributed by atoms with E-state index in [2.05, 4.69) is 0 Å². The predicted octanol–water partition coefficient (Wildman–Crippen LogP) is 5.56. The van der Waals surface area contributed by atoms with Gasteiger partial charge < -0.3 is 4.74 Å². The van der Waals surface area contributed by atoms with Gasteiger partial charge in [0, 0.05) is 6.54 Å². The summed E-state index contributed by atoms with van der Waals surface area (Å²) in [5.74, 6) is 0.721. The van der Waals surface area contributed by atoms with Crippen LogP contribution in [0.3, 0.4) is 0 Å². The molecule has 162 valence electrons. The second kappa shape index (κ2) is 8.13. The smallest absolute Gasteiger partial charge is 0.416 e. The van der Waals surface area contributed by atoms with Gasteiger partial charge in [-0.1, -0.05) is 12.5 Å². The van der Waals surface area contributed by atoms with Gasteiger partial charge in [-0.05, 0) is 80.5 Å². The number of sulfonamides is 1. The van der Waals surface area contributed by atoms with Crippen molar-refractivity contribution in [2.24, 2.45) is 0 Å². The zero-order chi connectivity index (χ0) is 21.4. The second-order valence-corrected chi connectivity index (χ2v) is 9.74. The van der Waals surface area contributed by atoms with Crippen LogP contribution >= 0.6 is 0 Å². The summed E-state index contributed by atoms with van der Waals surface area (Å²) < 4.78 is 72.8. The van der Waals surface area contributed by atoms with Gasteiger partial charge in [0.2, 0.25) is 0 Å². The van der Waals surface area contributed by atoms with Crippen LogP contribution in [0.15, 0.2) is 47.4 Å². The number of nitrogens with zero attached hydrogens (tertiary/aromatic N) is 1. The van der Waals surface area contributed by atoms with Crippen molar-refractivity contribution in [3.63, 3.8) is 0 Å². The van der Waals surface area contributed by atoms with E-state index in [1.165, 1.54) is 16.8 Å². The molecule has 1 heterocycles. The van der Waals surface area contributed by atoms with E-state index in [0.29, 0.717) is 24.6 Å². The molecular formula is C22H24F3NO3S. The van der Waals surface area contributed by atoms with E-state index >= 15 is 0 Å². The normalized spacial score (nSPS) is 18.2. The lowest BCUT2D eigenvalue weighted by Crippen LogP contribution is -2.35. The molecule has 0 unspecified atom stereocenters. The Kier molecular flexibility index (Phi) is 5.70. The van der Waals surface area contributed by atoms with Gasteiger partial charge >= 0.3 is 6.18 Å². The summed E-state index contributed by atoms with van der Waals surface area (Å²) in [6, 6.07) is 9.24. The Bertz CT molecular complexity index is 1010. The standard InChI is InChI=1S/C22H24F3NO3S/c23-22(24,25)17-7-4-10-20(15-17)30(27,28)26-13-5-6-16-14-19(11-12-21(16)26)29-18-8-2-1-3-9-18/h4,7,10-12,14-15,18H,1-3,5-6,8-9,13H2. The van der Waals surface area contributed by atoms with Crippen molar-refractivity contribution in [3.05, 3.63) is 53.6 Å². The summed E-state index contributed by atoms with van der Waals surface area (Å²) in [6.07, 6.45) is 2.45. The first-order valence-corrected chi connectivity index (χ1v) is 11.7. The van der Waals surface area contributed by atoms with E-state index in [1.54, 1.807) is 12.1 Å². The van der Waals surface area contributed by atoms with E-state index in [0.717, 1.165) is 49.1 Å². The third-order valence-electron chi connectivity index (χ3n) is 5.73. The molecule has 0 N–H and O–H groups in total. The van der Waals surface area contributed by atoms with Gasteiger partial charge in [0.05, 0.1) is 22.3 Å². The van der Waals surface area contributed by atoms with Crippen LogP contribution in [0.1, 0.15) is 49.7 Å². The highest BCUT2D eigenvalue weighted by atomic mass is 32.2. The van der Waals surface area contributed by atoms with Crippen LogP contribution in [0.4, 0.5) is 18.9 Å². The van der Waals surface area contributed by atoms with Crippen molar-refractivity contribution >= 4 is 15.7 Å². The Morgan fingerprint density at radius 3 is 2.47 bits per heavy atom. The van der Waals surface area contributed by atoms with Crippen LogP contribution in [0.25, 0.3) is 0 Å². The van der Waals surface area contributed by atoms with Gasteiger partial charge in [-0.3, -0.25) is 4.31 Å². The molecule has 8 heteroatoms. The van der Waals surface area contributed by atoms with Crippen LogP contribution < -0.4 is 9.04 Å². The monoisotopic (exact) mass is 439 g/mol. The molecule has 0 radical (unpaired) electrons. The molecular weight excluding hydrogens is 415 g/mol. The first-order valence-electron chi connectivity index (χ1n) is 10.2. The zero-order valence-electron chi connectivity index (χ0n) is 16.5. The number of hydrogen-bond donors (Lipinski definition) is 0. The molecule has 1 saturated carbocycles. The fraction of sp³-hybridized carbons (Fsp3) is 0.455. The molecule has 1 fully saturated rings. The Morgan fingerprint density at radius 2 is 1.73 bits per heavy atom.